The molecule has 0 atom stereocenters. The zero-order chi connectivity index (χ0) is 20.8. The number of nitrogens with zero attached hydrogens (tertiary/aromatic N) is 2. The maximum atomic E-state index is 13.1. The number of carbonyl (C=O) groups excluding carboxylic acids is 2. The number of hydrogen-bond donors (Lipinski definition) is 1. The molecule has 1 aromatic heterocycles. The fraction of sp³-hybridized carbons (Fsp3) is 0.208. The Hall–Kier alpha value is -3.47. The Bertz CT molecular complexity index is 983. The Balaban J connectivity index is 1.78. The summed E-state index contributed by atoms with van der Waals surface area (Å²) in [6.45, 7) is 6.45. The van der Waals surface area contributed by atoms with Gasteiger partial charge >= 0.3 is 0 Å². The molecule has 3 aromatic rings. The van der Waals surface area contributed by atoms with Crippen LogP contribution in [0, 0.1) is 6.92 Å². The van der Waals surface area contributed by atoms with Crippen LogP contribution in [0.4, 0.5) is 5.69 Å². The van der Waals surface area contributed by atoms with Crippen LogP contribution in [0.1, 0.15) is 45.8 Å². The molecule has 0 saturated carbocycles. The molecule has 0 saturated heterocycles. The molecular weight excluding hydrogens is 362 g/mol. The van der Waals surface area contributed by atoms with Gasteiger partial charge in [-0.3, -0.25) is 14.6 Å². The second-order valence-corrected chi connectivity index (χ2v) is 7.26. The van der Waals surface area contributed by atoms with Gasteiger partial charge in [0.05, 0.1) is 0 Å². The van der Waals surface area contributed by atoms with Crippen LogP contribution in [0.2, 0.25) is 0 Å². The van der Waals surface area contributed by atoms with Gasteiger partial charge in [-0.25, -0.2) is 0 Å². The summed E-state index contributed by atoms with van der Waals surface area (Å²) in [5, 5.41) is 2.82. The number of anilines is 1. The smallest absolute Gasteiger partial charge is 0.274 e. The average Bonchev–Trinajstić information content (AvgIpc) is 2.74. The van der Waals surface area contributed by atoms with Crippen molar-refractivity contribution in [3.8, 4) is 0 Å². The minimum atomic E-state index is -0.345. The fourth-order valence-corrected chi connectivity index (χ4v) is 2.95. The summed E-state index contributed by atoms with van der Waals surface area (Å²) in [4.78, 5) is 31.6. The molecule has 5 nitrogen and oxygen atoms in total. The first-order valence-electron chi connectivity index (χ1n) is 9.63. The van der Waals surface area contributed by atoms with Crippen LogP contribution in [0.3, 0.4) is 0 Å². The lowest BCUT2D eigenvalue weighted by atomic mass is 10.1. The van der Waals surface area contributed by atoms with Gasteiger partial charge in [-0.1, -0.05) is 48.0 Å². The molecule has 29 heavy (non-hydrogen) atoms. The molecule has 0 spiro atoms. The molecule has 0 bridgehead atoms. The molecule has 5 heteroatoms. The largest absolute Gasteiger partial charge is 0.332 e. The number of nitrogens with one attached hydrogen (secondary N) is 1. The van der Waals surface area contributed by atoms with Crippen LogP contribution in [-0.4, -0.2) is 27.7 Å². The number of pyridine rings is 1. The van der Waals surface area contributed by atoms with Crippen LogP contribution >= 0.6 is 0 Å². The summed E-state index contributed by atoms with van der Waals surface area (Å²) >= 11 is 0. The lowest BCUT2D eigenvalue weighted by molar-refractivity contribution is 0.0690. The van der Waals surface area contributed by atoms with E-state index in [4.69, 9.17) is 0 Å². The van der Waals surface area contributed by atoms with Crippen LogP contribution in [0.15, 0.2) is 72.9 Å². The molecule has 2 aromatic carbocycles. The van der Waals surface area contributed by atoms with Gasteiger partial charge in [0.25, 0.3) is 11.8 Å². The molecule has 0 radical (unpaired) electrons. The van der Waals surface area contributed by atoms with Crippen molar-refractivity contribution in [2.45, 2.75) is 33.4 Å². The summed E-state index contributed by atoms with van der Waals surface area (Å²) in [6, 6.07) is 20.6. The second kappa shape index (κ2) is 9.15. The van der Waals surface area contributed by atoms with E-state index in [0.717, 1.165) is 11.1 Å². The third kappa shape index (κ3) is 5.29. The molecule has 1 N–H and O–H groups in total. The third-order valence-corrected chi connectivity index (χ3v) is 4.63. The van der Waals surface area contributed by atoms with Crippen molar-refractivity contribution >= 4 is 17.5 Å². The molecular formula is C24H25N3O2. The predicted octanol–water partition coefficient (Wildman–Crippen LogP) is 4.69. The third-order valence-electron chi connectivity index (χ3n) is 4.63. The van der Waals surface area contributed by atoms with Gasteiger partial charge in [0, 0.05) is 30.0 Å². The fourth-order valence-electron chi connectivity index (χ4n) is 2.95. The van der Waals surface area contributed by atoms with Crippen molar-refractivity contribution in [3.63, 3.8) is 0 Å². The van der Waals surface area contributed by atoms with Crippen molar-refractivity contribution in [1.82, 2.24) is 9.88 Å². The maximum Gasteiger partial charge on any atom is 0.274 e. The Morgan fingerprint density at radius 2 is 1.69 bits per heavy atom. The van der Waals surface area contributed by atoms with E-state index in [1.807, 2.05) is 75.4 Å². The zero-order valence-corrected chi connectivity index (χ0v) is 16.9. The summed E-state index contributed by atoms with van der Waals surface area (Å²) in [7, 11) is 0. The van der Waals surface area contributed by atoms with E-state index in [0.29, 0.717) is 17.8 Å². The van der Waals surface area contributed by atoms with E-state index in [1.165, 1.54) is 6.20 Å². The van der Waals surface area contributed by atoms with Gasteiger partial charge in [-0.15, -0.1) is 0 Å². The molecule has 0 fully saturated rings. The highest BCUT2D eigenvalue weighted by molar-refractivity contribution is 6.04. The maximum absolute atomic E-state index is 13.1. The standard InChI is InChI=1S/C24H25N3O2/c1-17(2)27(16-19-7-5-4-6-8-19)24(29)20-13-14-25-22(15-20)23(28)26-21-11-9-18(3)10-12-21/h4-15,17H,16H2,1-3H3,(H,26,28). The van der Waals surface area contributed by atoms with E-state index in [1.54, 1.807) is 17.0 Å². The first kappa shape index (κ1) is 20.3. The first-order valence-corrected chi connectivity index (χ1v) is 9.63. The van der Waals surface area contributed by atoms with Crippen LogP contribution in [-0.2, 0) is 6.54 Å². The molecule has 0 aliphatic rings. The summed E-state index contributed by atoms with van der Waals surface area (Å²) < 4.78 is 0. The van der Waals surface area contributed by atoms with Crippen molar-refractivity contribution in [1.29, 1.82) is 0 Å². The Morgan fingerprint density at radius 3 is 2.34 bits per heavy atom. The van der Waals surface area contributed by atoms with Gasteiger partial charge in [-0.05, 0) is 50.6 Å². The number of carbonyl (C=O) groups is 2. The van der Waals surface area contributed by atoms with Gasteiger partial charge in [0.15, 0.2) is 0 Å². The lowest BCUT2D eigenvalue weighted by Gasteiger charge is -2.27. The lowest BCUT2D eigenvalue weighted by Crippen LogP contribution is -2.36. The minimum Gasteiger partial charge on any atom is -0.332 e. The monoisotopic (exact) mass is 387 g/mol. The second-order valence-electron chi connectivity index (χ2n) is 7.26. The highest BCUT2D eigenvalue weighted by atomic mass is 16.2. The molecule has 0 unspecified atom stereocenters. The zero-order valence-electron chi connectivity index (χ0n) is 16.9. The number of benzene rings is 2. The van der Waals surface area contributed by atoms with Gasteiger partial charge in [-0.2, -0.15) is 0 Å². The van der Waals surface area contributed by atoms with E-state index < -0.39 is 0 Å². The predicted molar refractivity (Wildman–Crippen MR) is 115 cm³/mol. The molecule has 3 rings (SSSR count). The molecule has 148 valence electrons. The first-order chi connectivity index (χ1) is 13.9. The molecule has 1 heterocycles. The summed E-state index contributed by atoms with van der Waals surface area (Å²) in [6.07, 6.45) is 1.50. The average molecular weight is 387 g/mol. The Morgan fingerprint density at radius 1 is 1.00 bits per heavy atom. The number of aromatic nitrogens is 1. The minimum absolute atomic E-state index is 0.0145. The van der Waals surface area contributed by atoms with E-state index >= 15 is 0 Å². The van der Waals surface area contributed by atoms with Crippen molar-refractivity contribution in [3.05, 3.63) is 95.3 Å². The summed E-state index contributed by atoms with van der Waals surface area (Å²) in [5.74, 6) is -0.474. The Kier molecular flexibility index (Phi) is 6.39. The quantitative estimate of drug-likeness (QED) is 0.667. The summed E-state index contributed by atoms with van der Waals surface area (Å²) in [5.41, 5.74) is 3.51. The van der Waals surface area contributed by atoms with E-state index in [2.05, 4.69) is 10.3 Å². The molecule has 0 aliphatic carbocycles. The number of aryl methyl sites for hydroxylation is 1. The SMILES string of the molecule is Cc1ccc(NC(=O)c2cc(C(=O)N(Cc3ccccc3)C(C)C)ccn2)cc1. The van der Waals surface area contributed by atoms with E-state index in [-0.39, 0.29) is 23.6 Å². The van der Waals surface area contributed by atoms with Gasteiger partial charge < -0.3 is 10.2 Å². The van der Waals surface area contributed by atoms with Gasteiger partial charge in [0.1, 0.15) is 5.69 Å². The van der Waals surface area contributed by atoms with Crippen molar-refractivity contribution in [2.24, 2.45) is 0 Å². The highest BCUT2D eigenvalue weighted by Crippen LogP contribution is 2.15. The normalized spacial score (nSPS) is 10.6. The van der Waals surface area contributed by atoms with Crippen LogP contribution in [0.25, 0.3) is 0 Å². The van der Waals surface area contributed by atoms with Gasteiger partial charge in [0.2, 0.25) is 0 Å². The van der Waals surface area contributed by atoms with Crippen molar-refractivity contribution < 1.29 is 9.59 Å². The highest BCUT2D eigenvalue weighted by Gasteiger charge is 2.20. The van der Waals surface area contributed by atoms with Crippen LogP contribution < -0.4 is 5.32 Å². The topological polar surface area (TPSA) is 62.3 Å². The molecule has 0 aliphatic heterocycles. The van der Waals surface area contributed by atoms with Crippen LogP contribution in [0.5, 0.6) is 0 Å². The number of amides is 2. The number of hydrogen-bond acceptors (Lipinski definition) is 3. The molecule has 2 amide bonds. The van der Waals surface area contributed by atoms with Crippen molar-refractivity contribution in [2.75, 3.05) is 5.32 Å². The number of rotatable bonds is 6. The van der Waals surface area contributed by atoms with E-state index in [9.17, 15) is 9.59 Å². The Labute approximate surface area is 171 Å².